The number of amides is 2. The van der Waals surface area contributed by atoms with Gasteiger partial charge in [-0.3, -0.25) is 9.59 Å². The number of rotatable bonds is 6. The number of carbonyl (C=O) groups excluding carboxylic acids is 2. The maximum Gasteiger partial charge on any atom is 0.224 e. The van der Waals surface area contributed by atoms with Crippen LogP contribution in [-0.2, 0) is 9.59 Å². The molecular formula is C17H29Cl2N5O2. The maximum atomic E-state index is 12.2. The van der Waals surface area contributed by atoms with E-state index < -0.39 is 0 Å². The Morgan fingerprint density at radius 2 is 1.85 bits per heavy atom. The highest BCUT2D eigenvalue weighted by Crippen LogP contribution is 2.12. The van der Waals surface area contributed by atoms with Crippen LogP contribution in [0.25, 0.3) is 0 Å². The SMILES string of the molecule is CC(N)C(C)C(=O)NCCC(=O)N1CCN(c2ccccn2)CC1.Cl.Cl. The zero-order valence-corrected chi connectivity index (χ0v) is 16.9. The van der Waals surface area contributed by atoms with Crippen LogP contribution < -0.4 is 16.0 Å². The summed E-state index contributed by atoms with van der Waals surface area (Å²) in [4.78, 5) is 32.4. The van der Waals surface area contributed by atoms with Crippen molar-refractivity contribution in [1.29, 1.82) is 0 Å². The molecular weight excluding hydrogens is 377 g/mol. The quantitative estimate of drug-likeness (QED) is 0.737. The molecule has 7 nitrogen and oxygen atoms in total. The van der Waals surface area contributed by atoms with Crippen molar-refractivity contribution < 1.29 is 9.59 Å². The van der Waals surface area contributed by atoms with Gasteiger partial charge in [-0.25, -0.2) is 4.98 Å². The summed E-state index contributed by atoms with van der Waals surface area (Å²) in [6, 6.07) is 5.64. The molecule has 2 unspecified atom stereocenters. The third-order valence-corrected chi connectivity index (χ3v) is 4.45. The molecule has 3 N–H and O–H groups in total. The number of aromatic nitrogens is 1. The van der Waals surface area contributed by atoms with E-state index in [0.29, 0.717) is 26.1 Å². The van der Waals surface area contributed by atoms with Crippen LogP contribution in [0.3, 0.4) is 0 Å². The Bertz CT molecular complexity index is 551. The van der Waals surface area contributed by atoms with Crippen LogP contribution in [-0.4, -0.2) is 60.5 Å². The average Bonchev–Trinajstić information content (AvgIpc) is 2.61. The highest BCUT2D eigenvalue weighted by atomic mass is 35.5. The summed E-state index contributed by atoms with van der Waals surface area (Å²) in [7, 11) is 0. The minimum Gasteiger partial charge on any atom is -0.355 e. The summed E-state index contributed by atoms with van der Waals surface area (Å²) in [6.07, 6.45) is 2.10. The Morgan fingerprint density at radius 1 is 1.19 bits per heavy atom. The maximum absolute atomic E-state index is 12.2. The molecule has 0 bridgehead atoms. The molecule has 1 aromatic rings. The van der Waals surface area contributed by atoms with Gasteiger partial charge in [0, 0.05) is 57.3 Å². The van der Waals surface area contributed by atoms with Crippen LogP contribution in [0.4, 0.5) is 5.82 Å². The van der Waals surface area contributed by atoms with Gasteiger partial charge in [0.15, 0.2) is 0 Å². The zero-order valence-electron chi connectivity index (χ0n) is 15.3. The van der Waals surface area contributed by atoms with Crippen molar-refractivity contribution in [3.63, 3.8) is 0 Å². The van der Waals surface area contributed by atoms with Gasteiger partial charge in [-0.15, -0.1) is 24.8 Å². The minimum atomic E-state index is -0.248. The molecule has 1 aromatic heterocycles. The molecule has 1 aliphatic heterocycles. The first-order valence-electron chi connectivity index (χ1n) is 8.46. The molecule has 0 saturated carbocycles. The van der Waals surface area contributed by atoms with Gasteiger partial charge in [-0.2, -0.15) is 0 Å². The third kappa shape index (κ3) is 6.97. The fourth-order valence-corrected chi connectivity index (χ4v) is 2.58. The molecule has 1 aliphatic rings. The molecule has 9 heteroatoms. The number of piperazine rings is 1. The lowest BCUT2D eigenvalue weighted by molar-refractivity contribution is -0.131. The summed E-state index contributed by atoms with van der Waals surface area (Å²) >= 11 is 0. The van der Waals surface area contributed by atoms with E-state index in [0.717, 1.165) is 18.9 Å². The summed E-state index contributed by atoms with van der Waals surface area (Å²) in [5.41, 5.74) is 5.70. The smallest absolute Gasteiger partial charge is 0.224 e. The van der Waals surface area contributed by atoms with Crippen molar-refractivity contribution in [2.24, 2.45) is 11.7 Å². The Kier molecular flexibility index (Phi) is 11.2. The molecule has 2 heterocycles. The molecule has 2 rings (SSSR count). The molecule has 2 amide bonds. The molecule has 0 aliphatic carbocycles. The van der Waals surface area contributed by atoms with E-state index in [4.69, 9.17) is 5.73 Å². The lowest BCUT2D eigenvalue weighted by Crippen LogP contribution is -2.49. The number of halogens is 2. The van der Waals surface area contributed by atoms with Crippen molar-refractivity contribution >= 4 is 42.4 Å². The largest absolute Gasteiger partial charge is 0.355 e. The zero-order chi connectivity index (χ0) is 17.5. The summed E-state index contributed by atoms with van der Waals surface area (Å²) in [5.74, 6) is 0.672. The van der Waals surface area contributed by atoms with E-state index in [1.165, 1.54) is 0 Å². The van der Waals surface area contributed by atoms with Crippen molar-refractivity contribution in [3.8, 4) is 0 Å². The van der Waals surface area contributed by atoms with E-state index in [2.05, 4.69) is 15.2 Å². The minimum absolute atomic E-state index is 0. The molecule has 0 radical (unpaired) electrons. The summed E-state index contributed by atoms with van der Waals surface area (Å²) < 4.78 is 0. The number of nitrogens with one attached hydrogen (secondary N) is 1. The van der Waals surface area contributed by atoms with Crippen LogP contribution >= 0.6 is 24.8 Å². The van der Waals surface area contributed by atoms with E-state index in [1.54, 1.807) is 20.0 Å². The number of anilines is 1. The number of nitrogens with zero attached hydrogens (tertiary/aromatic N) is 3. The lowest BCUT2D eigenvalue weighted by Gasteiger charge is -2.35. The summed E-state index contributed by atoms with van der Waals surface area (Å²) in [5, 5.41) is 2.78. The van der Waals surface area contributed by atoms with Gasteiger partial charge < -0.3 is 20.9 Å². The van der Waals surface area contributed by atoms with Gasteiger partial charge >= 0.3 is 0 Å². The van der Waals surface area contributed by atoms with Gasteiger partial charge in [0.1, 0.15) is 5.82 Å². The molecule has 0 spiro atoms. The lowest BCUT2D eigenvalue weighted by atomic mass is 10.0. The van der Waals surface area contributed by atoms with Crippen LogP contribution in [0.2, 0.25) is 0 Å². The summed E-state index contributed by atoms with van der Waals surface area (Å²) in [6.45, 7) is 6.86. The normalized spacial score (nSPS) is 16.0. The highest BCUT2D eigenvalue weighted by molar-refractivity contribution is 5.85. The van der Waals surface area contributed by atoms with Crippen molar-refractivity contribution in [2.75, 3.05) is 37.6 Å². The molecule has 1 fully saturated rings. The number of hydrogen-bond acceptors (Lipinski definition) is 5. The average molecular weight is 406 g/mol. The van der Waals surface area contributed by atoms with Crippen LogP contribution in [0.15, 0.2) is 24.4 Å². The van der Waals surface area contributed by atoms with E-state index >= 15 is 0 Å². The first-order chi connectivity index (χ1) is 11.5. The molecule has 148 valence electrons. The van der Waals surface area contributed by atoms with E-state index in [1.807, 2.05) is 23.1 Å². The first kappa shape index (κ1) is 24.4. The van der Waals surface area contributed by atoms with E-state index in [-0.39, 0.29) is 48.6 Å². The van der Waals surface area contributed by atoms with Gasteiger partial charge in [0.25, 0.3) is 0 Å². The predicted molar refractivity (Wildman–Crippen MR) is 108 cm³/mol. The molecule has 1 saturated heterocycles. The third-order valence-electron chi connectivity index (χ3n) is 4.45. The fourth-order valence-electron chi connectivity index (χ4n) is 2.58. The number of pyridine rings is 1. The van der Waals surface area contributed by atoms with Gasteiger partial charge in [-0.05, 0) is 19.1 Å². The van der Waals surface area contributed by atoms with Crippen LogP contribution in [0.1, 0.15) is 20.3 Å². The standard InChI is InChI=1S/C17H27N5O2.2ClH/c1-13(14(2)18)17(24)20-8-6-16(23)22-11-9-21(10-12-22)15-5-3-4-7-19-15;;/h3-5,7,13-14H,6,8-12,18H2,1-2H3,(H,20,24);2*1H. The number of carbonyl (C=O) groups is 2. The monoisotopic (exact) mass is 405 g/mol. The van der Waals surface area contributed by atoms with Crippen LogP contribution in [0.5, 0.6) is 0 Å². The fraction of sp³-hybridized carbons (Fsp3) is 0.588. The Hall–Kier alpha value is -1.57. The van der Waals surface area contributed by atoms with Crippen molar-refractivity contribution in [2.45, 2.75) is 26.3 Å². The van der Waals surface area contributed by atoms with E-state index in [9.17, 15) is 9.59 Å². The molecule has 26 heavy (non-hydrogen) atoms. The number of nitrogens with two attached hydrogens (primary N) is 1. The van der Waals surface area contributed by atoms with Gasteiger partial charge in [-0.1, -0.05) is 13.0 Å². The topological polar surface area (TPSA) is 91.6 Å². The van der Waals surface area contributed by atoms with Gasteiger partial charge in [0.2, 0.25) is 11.8 Å². The van der Waals surface area contributed by atoms with Crippen LogP contribution in [0, 0.1) is 5.92 Å². The number of hydrogen-bond donors (Lipinski definition) is 2. The first-order valence-corrected chi connectivity index (χ1v) is 8.46. The highest BCUT2D eigenvalue weighted by Gasteiger charge is 2.22. The Labute approximate surface area is 167 Å². The Morgan fingerprint density at radius 3 is 2.38 bits per heavy atom. The van der Waals surface area contributed by atoms with Crippen molar-refractivity contribution in [3.05, 3.63) is 24.4 Å². The second-order valence-corrected chi connectivity index (χ2v) is 6.24. The molecule has 2 atom stereocenters. The molecule has 0 aromatic carbocycles. The van der Waals surface area contributed by atoms with Gasteiger partial charge in [0.05, 0.1) is 0 Å². The Balaban J connectivity index is 0.00000312. The second-order valence-electron chi connectivity index (χ2n) is 6.24. The predicted octanol–water partition coefficient (Wildman–Crippen LogP) is 1.06. The van der Waals surface area contributed by atoms with Crippen molar-refractivity contribution in [1.82, 2.24) is 15.2 Å². The second kappa shape index (κ2) is 11.9.